The van der Waals surface area contributed by atoms with Gasteiger partial charge in [-0.05, 0) is 36.2 Å². The minimum absolute atomic E-state index is 0.0127. The molecule has 0 aliphatic heterocycles. The summed E-state index contributed by atoms with van der Waals surface area (Å²) in [5.41, 5.74) is 3.03. The number of benzene rings is 1. The van der Waals surface area contributed by atoms with Crippen LogP contribution < -0.4 is 5.32 Å². The number of aromatic nitrogens is 5. The largest absolute Gasteiger partial charge is 0.354 e. The third-order valence-corrected chi connectivity index (χ3v) is 4.63. The first-order chi connectivity index (χ1) is 13.8. The van der Waals surface area contributed by atoms with Crippen LogP contribution in [0.4, 0.5) is 0 Å². The molecule has 3 heterocycles. The Morgan fingerprint density at radius 3 is 2.68 bits per heavy atom. The molecule has 4 aromatic rings. The van der Waals surface area contributed by atoms with Crippen molar-refractivity contribution in [1.82, 2.24) is 29.6 Å². The molecule has 1 aromatic carbocycles. The van der Waals surface area contributed by atoms with Crippen molar-refractivity contribution in [2.24, 2.45) is 0 Å². The van der Waals surface area contributed by atoms with Gasteiger partial charge in [0.2, 0.25) is 5.91 Å². The zero-order chi connectivity index (χ0) is 19.2. The van der Waals surface area contributed by atoms with Gasteiger partial charge in [-0.2, -0.15) is 5.10 Å². The average molecular weight is 374 g/mol. The molecule has 7 nitrogen and oxygen atoms in total. The van der Waals surface area contributed by atoms with E-state index in [0.29, 0.717) is 13.0 Å². The second kappa shape index (κ2) is 8.39. The number of hydrogen-bond donors (Lipinski definition) is 2. The van der Waals surface area contributed by atoms with Crippen molar-refractivity contribution >= 4 is 5.91 Å². The Morgan fingerprint density at radius 2 is 1.93 bits per heavy atom. The molecular weight excluding hydrogens is 352 g/mol. The van der Waals surface area contributed by atoms with E-state index in [1.165, 1.54) is 0 Å². The summed E-state index contributed by atoms with van der Waals surface area (Å²) in [7, 11) is 0. The molecule has 4 rings (SSSR count). The van der Waals surface area contributed by atoms with Crippen molar-refractivity contribution < 1.29 is 4.79 Å². The van der Waals surface area contributed by atoms with Crippen molar-refractivity contribution in [1.29, 1.82) is 0 Å². The summed E-state index contributed by atoms with van der Waals surface area (Å²) in [6.07, 6.45) is 12.3. The summed E-state index contributed by atoms with van der Waals surface area (Å²) in [5.74, 6) is -0.0127. The van der Waals surface area contributed by atoms with E-state index in [1.807, 2.05) is 76.5 Å². The van der Waals surface area contributed by atoms with Crippen molar-refractivity contribution in [2.75, 3.05) is 6.54 Å². The number of nitrogens with zero attached hydrogens (tertiary/aromatic N) is 4. The van der Waals surface area contributed by atoms with Gasteiger partial charge in [-0.1, -0.05) is 18.2 Å². The van der Waals surface area contributed by atoms with Gasteiger partial charge in [0, 0.05) is 43.4 Å². The number of nitrogens with one attached hydrogen (secondary N) is 2. The van der Waals surface area contributed by atoms with Crippen LogP contribution in [0.5, 0.6) is 0 Å². The van der Waals surface area contributed by atoms with Crippen LogP contribution in [0.15, 0.2) is 79.8 Å². The van der Waals surface area contributed by atoms with Gasteiger partial charge in [0.1, 0.15) is 6.04 Å². The molecule has 0 radical (unpaired) electrons. The Kier molecular flexibility index (Phi) is 5.33. The molecule has 2 N–H and O–H groups in total. The average Bonchev–Trinajstić information content (AvgIpc) is 3.49. The third-order valence-electron chi connectivity index (χ3n) is 4.63. The van der Waals surface area contributed by atoms with E-state index in [-0.39, 0.29) is 11.9 Å². The number of amides is 1. The van der Waals surface area contributed by atoms with Gasteiger partial charge in [-0.3, -0.25) is 4.79 Å². The van der Waals surface area contributed by atoms with E-state index in [0.717, 1.165) is 23.4 Å². The summed E-state index contributed by atoms with van der Waals surface area (Å²) in [5, 5.41) is 7.45. The van der Waals surface area contributed by atoms with E-state index in [2.05, 4.69) is 20.4 Å². The van der Waals surface area contributed by atoms with Gasteiger partial charge < -0.3 is 14.9 Å². The highest BCUT2D eigenvalue weighted by atomic mass is 16.2. The molecule has 0 unspecified atom stereocenters. The summed E-state index contributed by atoms with van der Waals surface area (Å²) in [6, 6.07) is 13.5. The number of H-pyrrole nitrogens is 1. The van der Waals surface area contributed by atoms with E-state index in [1.54, 1.807) is 12.5 Å². The molecule has 7 heteroatoms. The van der Waals surface area contributed by atoms with Crippen molar-refractivity contribution in [3.63, 3.8) is 0 Å². The highest BCUT2D eigenvalue weighted by Crippen LogP contribution is 2.14. The van der Waals surface area contributed by atoms with Gasteiger partial charge in [0.05, 0.1) is 18.2 Å². The number of hydrogen-bond acceptors (Lipinski definition) is 3. The topological polar surface area (TPSA) is 80.5 Å². The Hall–Kier alpha value is -3.61. The summed E-state index contributed by atoms with van der Waals surface area (Å²) in [4.78, 5) is 19.9. The van der Waals surface area contributed by atoms with Crippen LogP contribution in [0.3, 0.4) is 0 Å². The van der Waals surface area contributed by atoms with Crippen LogP contribution >= 0.6 is 0 Å². The van der Waals surface area contributed by atoms with E-state index < -0.39 is 0 Å². The van der Waals surface area contributed by atoms with E-state index in [4.69, 9.17) is 0 Å². The molecule has 0 saturated heterocycles. The first kappa shape index (κ1) is 17.8. The first-order valence-corrected chi connectivity index (χ1v) is 9.26. The maximum Gasteiger partial charge on any atom is 0.243 e. The monoisotopic (exact) mass is 374 g/mol. The third kappa shape index (κ3) is 4.20. The molecule has 3 aromatic heterocycles. The van der Waals surface area contributed by atoms with Crippen LogP contribution in [0.1, 0.15) is 17.3 Å². The molecule has 1 atom stereocenters. The number of carbonyl (C=O) groups excluding carboxylic acids is 1. The highest BCUT2D eigenvalue weighted by molar-refractivity contribution is 5.80. The van der Waals surface area contributed by atoms with Crippen LogP contribution in [0.2, 0.25) is 0 Å². The fourth-order valence-electron chi connectivity index (χ4n) is 3.15. The fraction of sp³-hybridized carbons (Fsp3) is 0.190. The summed E-state index contributed by atoms with van der Waals surface area (Å²) in [6.45, 7) is 0.556. The molecule has 28 heavy (non-hydrogen) atoms. The lowest BCUT2D eigenvalue weighted by molar-refractivity contribution is -0.124. The quantitative estimate of drug-likeness (QED) is 0.497. The predicted octanol–water partition coefficient (Wildman–Crippen LogP) is 2.54. The van der Waals surface area contributed by atoms with Crippen LogP contribution in [-0.4, -0.2) is 36.8 Å². The maximum absolute atomic E-state index is 12.8. The number of aromatic amines is 1. The highest BCUT2D eigenvalue weighted by Gasteiger charge is 2.20. The van der Waals surface area contributed by atoms with Gasteiger partial charge in [-0.25, -0.2) is 9.67 Å². The second-order valence-electron chi connectivity index (χ2n) is 6.60. The lowest BCUT2D eigenvalue weighted by Gasteiger charge is -2.18. The van der Waals surface area contributed by atoms with Crippen molar-refractivity contribution in [2.45, 2.75) is 18.9 Å². The van der Waals surface area contributed by atoms with Gasteiger partial charge in [-0.15, -0.1) is 0 Å². The first-order valence-electron chi connectivity index (χ1n) is 9.26. The van der Waals surface area contributed by atoms with Gasteiger partial charge >= 0.3 is 0 Å². The maximum atomic E-state index is 12.8. The van der Waals surface area contributed by atoms with Crippen LogP contribution in [0, 0.1) is 0 Å². The normalized spacial score (nSPS) is 12.0. The summed E-state index contributed by atoms with van der Waals surface area (Å²) >= 11 is 0. The molecule has 0 bridgehead atoms. The lowest BCUT2D eigenvalue weighted by atomic mass is 10.1. The molecule has 1 amide bonds. The zero-order valence-corrected chi connectivity index (χ0v) is 15.4. The molecular formula is C21H22N6O. The molecule has 142 valence electrons. The fourth-order valence-corrected chi connectivity index (χ4v) is 3.15. The number of imidazole rings is 1. The Balaban J connectivity index is 1.35. The SMILES string of the molecule is O=C(NCCc1cnn(-c2ccccc2)c1)[C@@H](Cc1cnc[nH]1)n1cccc1. The smallest absolute Gasteiger partial charge is 0.243 e. The molecule has 0 aliphatic rings. The molecule has 0 aliphatic carbocycles. The lowest BCUT2D eigenvalue weighted by Crippen LogP contribution is -2.34. The Labute approximate surface area is 163 Å². The van der Waals surface area contributed by atoms with Gasteiger partial charge in [0.25, 0.3) is 0 Å². The number of rotatable bonds is 8. The number of carbonyl (C=O) groups is 1. The minimum atomic E-state index is -0.317. The Bertz CT molecular complexity index is 989. The zero-order valence-electron chi connectivity index (χ0n) is 15.4. The molecule has 0 fully saturated rings. The van der Waals surface area contributed by atoms with Crippen molar-refractivity contribution in [3.05, 3.63) is 91.0 Å². The van der Waals surface area contributed by atoms with Crippen molar-refractivity contribution in [3.8, 4) is 5.69 Å². The van der Waals surface area contributed by atoms with Crippen LogP contribution in [-0.2, 0) is 17.6 Å². The standard InChI is InChI=1S/C21H22N6O/c28-21(20(26-10-4-5-11-26)12-18-14-22-16-24-18)23-9-8-17-13-25-27(15-17)19-6-2-1-3-7-19/h1-7,10-11,13-16,20H,8-9,12H2,(H,22,24)(H,23,28)/t20-/m1/s1. The Morgan fingerprint density at radius 1 is 1.11 bits per heavy atom. The minimum Gasteiger partial charge on any atom is -0.354 e. The van der Waals surface area contributed by atoms with E-state index >= 15 is 0 Å². The second-order valence-corrected chi connectivity index (χ2v) is 6.60. The molecule has 0 spiro atoms. The summed E-state index contributed by atoms with van der Waals surface area (Å²) < 4.78 is 3.77. The predicted molar refractivity (Wildman–Crippen MR) is 106 cm³/mol. The van der Waals surface area contributed by atoms with E-state index in [9.17, 15) is 4.79 Å². The van der Waals surface area contributed by atoms with Gasteiger partial charge in [0.15, 0.2) is 0 Å². The number of para-hydroxylation sites is 1. The molecule has 0 saturated carbocycles. The van der Waals surface area contributed by atoms with Crippen LogP contribution in [0.25, 0.3) is 5.69 Å².